The first-order valence-electron chi connectivity index (χ1n) is 11.3. The minimum atomic E-state index is -0.798. The van der Waals surface area contributed by atoms with Gasteiger partial charge < -0.3 is 5.32 Å². The Morgan fingerprint density at radius 3 is 2.61 bits per heavy atom. The van der Waals surface area contributed by atoms with E-state index >= 15 is 0 Å². The Labute approximate surface area is 198 Å². The third kappa shape index (κ3) is 4.53. The molecule has 1 aliphatic carbocycles. The topological polar surface area (TPSA) is 87.8 Å². The van der Waals surface area contributed by atoms with Crippen molar-refractivity contribution in [1.29, 1.82) is 5.26 Å². The van der Waals surface area contributed by atoms with Gasteiger partial charge in [-0.1, -0.05) is 55.3 Å². The Morgan fingerprint density at radius 2 is 1.88 bits per heavy atom. The van der Waals surface area contributed by atoms with Crippen molar-refractivity contribution in [2.45, 2.75) is 68.8 Å². The lowest BCUT2D eigenvalue weighted by Crippen LogP contribution is -2.51. The van der Waals surface area contributed by atoms with E-state index in [4.69, 9.17) is 4.98 Å². The highest BCUT2D eigenvalue weighted by Crippen LogP contribution is 2.30. The van der Waals surface area contributed by atoms with E-state index in [0.29, 0.717) is 28.9 Å². The Morgan fingerprint density at radius 1 is 1.15 bits per heavy atom. The number of hydrogen-bond donors (Lipinski definition) is 1. The summed E-state index contributed by atoms with van der Waals surface area (Å²) in [5.41, 5.74) is 2.46. The third-order valence-electron chi connectivity index (χ3n) is 6.50. The maximum absolute atomic E-state index is 13.5. The second-order valence-electron chi connectivity index (χ2n) is 8.78. The van der Waals surface area contributed by atoms with Gasteiger partial charge in [-0.05, 0) is 62.9 Å². The summed E-state index contributed by atoms with van der Waals surface area (Å²) in [7, 11) is 0. The fourth-order valence-electron chi connectivity index (χ4n) is 4.35. The van der Waals surface area contributed by atoms with Gasteiger partial charge in [-0.25, -0.2) is 4.98 Å². The molecule has 1 saturated carbocycles. The van der Waals surface area contributed by atoms with Crippen LogP contribution in [-0.4, -0.2) is 26.2 Å². The number of nitrogens with one attached hydrogen (secondary N) is 1. The van der Waals surface area contributed by atoms with Gasteiger partial charge in [-0.2, -0.15) is 5.26 Å². The number of aromatic nitrogens is 2. The van der Waals surface area contributed by atoms with Crippen molar-refractivity contribution >= 4 is 28.6 Å². The Bertz CT molecular complexity index is 1300. The van der Waals surface area contributed by atoms with Crippen LogP contribution in [0, 0.1) is 25.2 Å². The number of amides is 1. The van der Waals surface area contributed by atoms with Crippen LogP contribution in [0.15, 0.2) is 52.4 Å². The summed E-state index contributed by atoms with van der Waals surface area (Å²) >= 11 is 1.24. The van der Waals surface area contributed by atoms with E-state index in [9.17, 15) is 14.9 Å². The van der Waals surface area contributed by atoms with Crippen molar-refractivity contribution < 1.29 is 4.79 Å². The van der Waals surface area contributed by atoms with Crippen molar-refractivity contribution in [1.82, 2.24) is 14.9 Å². The summed E-state index contributed by atoms with van der Waals surface area (Å²) in [5.74, 6) is -0.210. The van der Waals surface area contributed by atoms with Gasteiger partial charge in [-0.3, -0.25) is 14.2 Å². The molecule has 0 saturated heterocycles. The summed E-state index contributed by atoms with van der Waals surface area (Å²) < 4.78 is 1.61. The van der Waals surface area contributed by atoms with Crippen LogP contribution in [-0.2, 0) is 4.79 Å². The number of carbonyl (C=O) groups is 1. The predicted molar refractivity (Wildman–Crippen MR) is 132 cm³/mol. The van der Waals surface area contributed by atoms with E-state index in [0.717, 1.165) is 36.1 Å². The van der Waals surface area contributed by atoms with E-state index < -0.39 is 10.8 Å². The van der Waals surface area contributed by atoms with Crippen molar-refractivity contribution in [2.24, 2.45) is 0 Å². The Hall–Kier alpha value is -3.11. The minimum absolute atomic E-state index is 0.162. The fourth-order valence-corrected chi connectivity index (χ4v) is 5.27. The fraction of sp³-hybridized carbons (Fsp3) is 0.385. The molecule has 1 aromatic heterocycles. The van der Waals surface area contributed by atoms with Crippen molar-refractivity contribution in [2.75, 3.05) is 0 Å². The maximum Gasteiger partial charge on any atom is 0.266 e. The highest BCUT2D eigenvalue weighted by molar-refractivity contribution is 8.00. The number of aryl methyl sites for hydroxylation is 1. The standard InChI is InChI=1S/C26H28N4O2S/c1-17-10-9-13-22(18(17)2)30-24(32)20-11-5-6-12-21(20)28-25(30)33-19(3)23(31)29-26(16-27)14-7-4-8-15-26/h5-6,9-13,19H,4,7-8,14-15H2,1-3H3,(H,29,31). The van der Waals surface area contributed by atoms with Gasteiger partial charge in [0.25, 0.3) is 5.56 Å². The number of nitriles is 1. The summed E-state index contributed by atoms with van der Waals surface area (Å²) in [5, 5.41) is 13.2. The first-order valence-corrected chi connectivity index (χ1v) is 12.2. The zero-order chi connectivity index (χ0) is 23.6. The first-order chi connectivity index (χ1) is 15.8. The molecule has 2 aromatic carbocycles. The molecule has 1 heterocycles. The minimum Gasteiger partial charge on any atom is -0.337 e. The smallest absolute Gasteiger partial charge is 0.266 e. The van der Waals surface area contributed by atoms with Gasteiger partial charge in [0.15, 0.2) is 5.16 Å². The molecular weight excluding hydrogens is 432 g/mol. The summed E-state index contributed by atoms with van der Waals surface area (Å²) in [6, 6.07) is 15.4. The highest BCUT2D eigenvalue weighted by atomic mass is 32.2. The summed E-state index contributed by atoms with van der Waals surface area (Å²) in [4.78, 5) is 31.4. The van der Waals surface area contributed by atoms with Crippen LogP contribution in [0.1, 0.15) is 50.2 Å². The van der Waals surface area contributed by atoms with E-state index in [2.05, 4.69) is 11.4 Å². The maximum atomic E-state index is 13.5. The molecule has 0 spiro atoms. The lowest BCUT2D eigenvalue weighted by atomic mass is 9.83. The zero-order valence-corrected chi connectivity index (χ0v) is 20.0. The van der Waals surface area contributed by atoms with Crippen LogP contribution in [0.25, 0.3) is 16.6 Å². The number of thioether (sulfide) groups is 1. The van der Waals surface area contributed by atoms with Gasteiger partial charge in [0.1, 0.15) is 5.54 Å². The molecule has 1 atom stereocenters. The molecule has 7 heteroatoms. The lowest BCUT2D eigenvalue weighted by Gasteiger charge is -2.32. The number of benzene rings is 2. The molecule has 0 radical (unpaired) electrons. The number of fused-ring (bicyclic) bond motifs is 1. The van der Waals surface area contributed by atoms with Gasteiger partial charge in [0.05, 0.1) is 27.9 Å². The Kier molecular flexibility index (Phi) is 6.57. The Balaban J connectivity index is 1.74. The molecule has 1 amide bonds. The molecule has 1 unspecified atom stereocenters. The van der Waals surface area contributed by atoms with E-state index in [1.807, 2.05) is 50.2 Å². The van der Waals surface area contributed by atoms with E-state index in [1.165, 1.54) is 11.8 Å². The molecule has 3 aromatic rings. The molecule has 33 heavy (non-hydrogen) atoms. The third-order valence-corrected chi connectivity index (χ3v) is 7.55. The molecule has 0 aliphatic heterocycles. The number of nitrogens with zero attached hydrogens (tertiary/aromatic N) is 3. The van der Waals surface area contributed by atoms with Crippen LogP contribution in [0.4, 0.5) is 0 Å². The van der Waals surface area contributed by atoms with Crippen molar-refractivity contribution in [3.63, 3.8) is 0 Å². The largest absolute Gasteiger partial charge is 0.337 e. The van der Waals surface area contributed by atoms with Crippen LogP contribution < -0.4 is 10.9 Å². The number of hydrogen-bond acceptors (Lipinski definition) is 5. The van der Waals surface area contributed by atoms with Crippen LogP contribution in [0.3, 0.4) is 0 Å². The molecule has 170 valence electrons. The molecule has 0 bridgehead atoms. The molecular formula is C26H28N4O2S. The second kappa shape index (κ2) is 9.40. The number of carbonyl (C=O) groups excluding carboxylic acids is 1. The summed E-state index contributed by atoms with van der Waals surface area (Å²) in [6.45, 7) is 5.78. The van der Waals surface area contributed by atoms with Gasteiger partial charge in [0.2, 0.25) is 5.91 Å². The van der Waals surface area contributed by atoms with Crippen LogP contribution >= 0.6 is 11.8 Å². The SMILES string of the molecule is Cc1cccc(-n2c(SC(C)C(=O)NC3(C#N)CCCCC3)nc3ccccc3c2=O)c1C. The van der Waals surface area contributed by atoms with Gasteiger partial charge in [-0.15, -0.1) is 0 Å². The molecule has 1 N–H and O–H groups in total. The van der Waals surface area contributed by atoms with Crippen LogP contribution in [0.5, 0.6) is 0 Å². The lowest BCUT2D eigenvalue weighted by molar-refractivity contribution is -0.121. The average Bonchev–Trinajstić information content (AvgIpc) is 2.82. The zero-order valence-electron chi connectivity index (χ0n) is 19.2. The monoisotopic (exact) mass is 460 g/mol. The predicted octanol–water partition coefficient (Wildman–Crippen LogP) is 4.83. The highest BCUT2D eigenvalue weighted by Gasteiger charge is 2.35. The normalized spacial score (nSPS) is 16.2. The first kappa shape index (κ1) is 23.1. The molecule has 6 nitrogen and oxygen atoms in total. The van der Waals surface area contributed by atoms with Crippen LogP contribution in [0.2, 0.25) is 0 Å². The molecule has 1 fully saturated rings. The van der Waals surface area contributed by atoms with Crippen molar-refractivity contribution in [3.05, 3.63) is 63.9 Å². The average molecular weight is 461 g/mol. The van der Waals surface area contributed by atoms with Gasteiger partial charge in [0, 0.05) is 0 Å². The second-order valence-corrected chi connectivity index (χ2v) is 10.1. The molecule has 1 aliphatic rings. The molecule has 4 rings (SSSR count). The van der Waals surface area contributed by atoms with Crippen molar-refractivity contribution in [3.8, 4) is 11.8 Å². The van der Waals surface area contributed by atoms with E-state index in [1.54, 1.807) is 17.6 Å². The van der Waals surface area contributed by atoms with E-state index in [-0.39, 0.29) is 11.5 Å². The quantitative estimate of drug-likeness (QED) is 0.435. The number of rotatable bonds is 5. The summed E-state index contributed by atoms with van der Waals surface area (Å²) in [6.07, 6.45) is 4.32. The number of para-hydroxylation sites is 1. The van der Waals surface area contributed by atoms with Gasteiger partial charge >= 0.3 is 0 Å².